The van der Waals surface area contributed by atoms with Crippen LogP contribution in [0.3, 0.4) is 0 Å². The lowest BCUT2D eigenvalue weighted by Crippen LogP contribution is -2.16. The Morgan fingerprint density at radius 3 is 2.21 bits per heavy atom. The van der Waals surface area contributed by atoms with E-state index >= 15 is 0 Å². The van der Waals surface area contributed by atoms with Crippen molar-refractivity contribution in [3.8, 4) is 0 Å². The van der Waals surface area contributed by atoms with Crippen LogP contribution in [0.4, 0.5) is 0 Å². The Hall–Kier alpha value is -1.32. The summed E-state index contributed by atoms with van der Waals surface area (Å²) in [4.78, 5) is 22.2. The van der Waals surface area contributed by atoms with Crippen molar-refractivity contribution >= 4 is 11.8 Å². The fourth-order valence-corrected chi connectivity index (χ4v) is 0.928. The van der Waals surface area contributed by atoms with Crippen LogP contribution < -0.4 is 0 Å². The highest BCUT2D eigenvalue weighted by atomic mass is 16.5. The first-order valence-electron chi connectivity index (χ1n) is 4.58. The van der Waals surface area contributed by atoms with Crippen molar-refractivity contribution in [3.63, 3.8) is 0 Å². The lowest BCUT2D eigenvalue weighted by molar-refractivity contribution is -0.140. The molecule has 0 atom stereocenters. The van der Waals surface area contributed by atoms with Gasteiger partial charge in [-0.1, -0.05) is 13.3 Å². The number of ketones is 1. The Kier molecular flexibility index (Phi) is 5.60. The molecule has 0 radical (unpaired) electrons. The van der Waals surface area contributed by atoms with Crippen molar-refractivity contribution in [1.82, 2.24) is 0 Å². The number of allylic oxidation sites excluding steroid dienone is 1. The second-order valence-electron chi connectivity index (χ2n) is 3.01. The van der Waals surface area contributed by atoms with Crippen molar-refractivity contribution in [2.75, 3.05) is 6.61 Å². The fraction of sp³-hybridized carbons (Fsp3) is 0.600. The molecule has 1 N–H and O–H groups in total. The van der Waals surface area contributed by atoms with Crippen molar-refractivity contribution < 1.29 is 19.4 Å². The molecule has 0 spiro atoms. The van der Waals surface area contributed by atoms with Gasteiger partial charge in [0.25, 0.3) is 0 Å². The molecule has 0 heterocycles. The summed E-state index contributed by atoms with van der Waals surface area (Å²) in [6.07, 6.45) is 1.66. The minimum Gasteiger partial charge on any atom is -0.512 e. The van der Waals surface area contributed by atoms with Crippen LogP contribution in [0.5, 0.6) is 0 Å². The number of ether oxygens (including phenoxy) is 1. The number of carbonyl (C=O) groups excluding carboxylic acids is 2. The van der Waals surface area contributed by atoms with E-state index in [-0.39, 0.29) is 17.9 Å². The summed E-state index contributed by atoms with van der Waals surface area (Å²) in [5, 5.41) is 9.07. The van der Waals surface area contributed by atoms with Gasteiger partial charge in [-0.2, -0.15) is 0 Å². The van der Waals surface area contributed by atoms with Crippen LogP contribution in [0.15, 0.2) is 11.3 Å². The first-order chi connectivity index (χ1) is 6.50. The van der Waals surface area contributed by atoms with Crippen LogP contribution in [-0.2, 0) is 14.3 Å². The predicted octanol–water partition coefficient (Wildman–Crippen LogP) is 1.75. The quantitative estimate of drug-likeness (QED) is 0.183. The van der Waals surface area contributed by atoms with Gasteiger partial charge in [0.05, 0.1) is 6.61 Å². The maximum atomic E-state index is 11.2. The molecule has 4 heteroatoms. The topological polar surface area (TPSA) is 63.6 Å². The summed E-state index contributed by atoms with van der Waals surface area (Å²) < 4.78 is 4.79. The van der Waals surface area contributed by atoms with E-state index in [1.165, 1.54) is 13.8 Å². The molecule has 4 nitrogen and oxygen atoms in total. The Balaban J connectivity index is 4.34. The molecule has 0 aliphatic heterocycles. The number of hydrogen-bond donors (Lipinski definition) is 1. The lowest BCUT2D eigenvalue weighted by atomic mass is 10.1. The standard InChI is InChI=1S/C10H16O4/c1-4-5-6-14-10(13)9(7(2)11)8(3)12/h11H,4-6H2,1-3H3/b9-7+. The number of Topliss-reactive ketones (excluding diaryl/α,β-unsaturated/α-hetero) is 1. The number of hydrogen-bond acceptors (Lipinski definition) is 4. The van der Waals surface area contributed by atoms with E-state index in [2.05, 4.69) is 0 Å². The van der Waals surface area contributed by atoms with Crippen molar-refractivity contribution in [2.45, 2.75) is 33.6 Å². The molecule has 0 aromatic carbocycles. The maximum absolute atomic E-state index is 11.2. The van der Waals surface area contributed by atoms with Gasteiger partial charge in [-0.25, -0.2) is 4.79 Å². The third-order valence-corrected chi connectivity index (χ3v) is 1.65. The average Bonchev–Trinajstić information content (AvgIpc) is 2.03. The number of unbranched alkanes of at least 4 members (excludes halogenated alkanes) is 1. The summed E-state index contributed by atoms with van der Waals surface area (Å²) >= 11 is 0. The normalized spacial score (nSPS) is 11.9. The Morgan fingerprint density at radius 2 is 1.86 bits per heavy atom. The van der Waals surface area contributed by atoms with E-state index in [0.717, 1.165) is 12.8 Å². The van der Waals surface area contributed by atoms with Crippen molar-refractivity contribution in [3.05, 3.63) is 11.3 Å². The monoisotopic (exact) mass is 200 g/mol. The molecule has 0 unspecified atom stereocenters. The highest BCUT2D eigenvalue weighted by Gasteiger charge is 2.18. The number of aliphatic hydroxyl groups is 1. The van der Waals surface area contributed by atoms with E-state index in [1.807, 2.05) is 6.92 Å². The SMILES string of the molecule is CCCCOC(=O)/C(C(C)=O)=C(\C)O. The van der Waals surface area contributed by atoms with E-state index in [1.54, 1.807) is 0 Å². The molecule has 0 saturated heterocycles. The van der Waals surface area contributed by atoms with Gasteiger partial charge in [0.15, 0.2) is 5.78 Å². The number of rotatable bonds is 5. The predicted molar refractivity (Wildman–Crippen MR) is 51.9 cm³/mol. The lowest BCUT2D eigenvalue weighted by Gasteiger charge is -2.05. The molecule has 14 heavy (non-hydrogen) atoms. The average molecular weight is 200 g/mol. The summed E-state index contributed by atoms with van der Waals surface area (Å²) in [6.45, 7) is 4.75. The Morgan fingerprint density at radius 1 is 1.29 bits per heavy atom. The zero-order valence-corrected chi connectivity index (χ0v) is 8.79. The van der Waals surface area contributed by atoms with Gasteiger partial charge in [-0.3, -0.25) is 4.79 Å². The Bertz CT molecular complexity index is 249. The van der Waals surface area contributed by atoms with Gasteiger partial charge in [0, 0.05) is 0 Å². The molecule has 0 amide bonds. The molecule has 0 bridgehead atoms. The van der Waals surface area contributed by atoms with Crippen LogP contribution in [0, 0.1) is 0 Å². The zero-order chi connectivity index (χ0) is 11.1. The van der Waals surface area contributed by atoms with Gasteiger partial charge in [0.1, 0.15) is 11.3 Å². The highest BCUT2D eigenvalue weighted by molar-refractivity contribution is 6.16. The minimum absolute atomic E-state index is 0.263. The third-order valence-electron chi connectivity index (χ3n) is 1.65. The van der Waals surface area contributed by atoms with Crippen molar-refractivity contribution in [2.24, 2.45) is 0 Å². The largest absolute Gasteiger partial charge is 0.512 e. The molecule has 0 aromatic rings. The van der Waals surface area contributed by atoms with Crippen LogP contribution in [0.1, 0.15) is 33.6 Å². The van der Waals surface area contributed by atoms with E-state index < -0.39 is 11.8 Å². The summed E-state index contributed by atoms with van der Waals surface area (Å²) in [6, 6.07) is 0. The molecule has 0 aliphatic rings. The van der Waals surface area contributed by atoms with Crippen molar-refractivity contribution in [1.29, 1.82) is 0 Å². The van der Waals surface area contributed by atoms with Gasteiger partial charge in [0.2, 0.25) is 0 Å². The van der Waals surface area contributed by atoms with E-state index in [4.69, 9.17) is 9.84 Å². The molecule has 0 fully saturated rings. The summed E-state index contributed by atoms with van der Waals surface area (Å²) in [7, 11) is 0. The van der Waals surface area contributed by atoms with Crippen LogP contribution in [0.2, 0.25) is 0 Å². The molecular weight excluding hydrogens is 184 g/mol. The molecule has 80 valence electrons. The second kappa shape index (κ2) is 6.18. The first kappa shape index (κ1) is 12.7. The summed E-state index contributed by atoms with van der Waals surface area (Å²) in [5.74, 6) is -1.52. The smallest absolute Gasteiger partial charge is 0.345 e. The van der Waals surface area contributed by atoms with Gasteiger partial charge in [-0.15, -0.1) is 0 Å². The highest BCUT2D eigenvalue weighted by Crippen LogP contribution is 2.05. The van der Waals surface area contributed by atoms with Gasteiger partial charge >= 0.3 is 5.97 Å². The number of carbonyl (C=O) groups is 2. The molecule has 0 saturated carbocycles. The molecule has 0 aliphatic carbocycles. The molecule has 0 rings (SSSR count). The summed E-state index contributed by atoms with van der Waals surface area (Å²) in [5.41, 5.74) is -0.263. The van der Waals surface area contributed by atoms with Gasteiger partial charge < -0.3 is 9.84 Å². The Labute approximate surface area is 83.6 Å². The van der Waals surface area contributed by atoms with Gasteiger partial charge in [-0.05, 0) is 20.3 Å². The van der Waals surface area contributed by atoms with Crippen LogP contribution in [-0.4, -0.2) is 23.5 Å². The fourth-order valence-electron chi connectivity index (χ4n) is 0.928. The first-order valence-corrected chi connectivity index (χ1v) is 4.58. The number of aliphatic hydroxyl groups excluding tert-OH is 1. The van der Waals surface area contributed by atoms with Crippen LogP contribution >= 0.6 is 0 Å². The van der Waals surface area contributed by atoms with E-state index in [9.17, 15) is 9.59 Å². The van der Waals surface area contributed by atoms with Crippen LogP contribution in [0.25, 0.3) is 0 Å². The number of esters is 1. The molecular formula is C10H16O4. The minimum atomic E-state index is -0.744. The van der Waals surface area contributed by atoms with E-state index in [0.29, 0.717) is 0 Å². The molecule has 0 aromatic heterocycles. The maximum Gasteiger partial charge on any atom is 0.345 e. The second-order valence-corrected chi connectivity index (χ2v) is 3.01. The zero-order valence-electron chi connectivity index (χ0n) is 8.79. The third kappa shape index (κ3) is 4.07.